The monoisotopic (exact) mass is 1120 g/mol. The Morgan fingerprint density at radius 2 is 1.70 bits per heavy atom. The summed E-state index contributed by atoms with van der Waals surface area (Å²) in [6, 6.07) is 26.2. The summed E-state index contributed by atoms with van der Waals surface area (Å²) in [5.74, 6) is 1.01. The number of nitrogens with zero attached hydrogens (tertiary/aromatic N) is 11. The molecule has 2 aliphatic rings. The van der Waals surface area contributed by atoms with Gasteiger partial charge in [0.05, 0.1) is 53.7 Å². The fourth-order valence-electron chi connectivity index (χ4n) is 10.1. The number of esters is 1. The molecule has 24 heteroatoms. The lowest BCUT2D eigenvalue weighted by Gasteiger charge is -2.36. The van der Waals surface area contributed by atoms with Crippen LogP contribution in [0.2, 0.25) is 5.02 Å². The third-order valence-electron chi connectivity index (χ3n) is 13.9. The number of methoxy groups -OCH3 is 1. The molecule has 10 rings (SSSR count). The number of rotatable bonds is 10. The lowest BCUT2D eigenvalue weighted by molar-refractivity contribution is -0.387. The molecule has 4 aromatic carbocycles. The van der Waals surface area contributed by atoms with E-state index in [2.05, 4.69) is 9.88 Å². The largest absolute Gasteiger partial charge is 0.491 e. The van der Waals surface area contributed by atoms with Gasteiger partial charge in [0, 0.05) is 118 Å². The van der Waals surface area contributed by atoms with E-state index in [4.69, 9.17) is 36.0 Å². The zero-order valence-corrected chi connectivity index (χ0v) is 46.4. The van der Waals surface area contributed by atoms with Crippen LogP contribution in [0.5, 0.6) is 11.5 Å². The molecule has 0 saturated carbocycles. The van der Waals surface area contributed by atoms with Crippen LogP contribution in [0.3, 0.4) is 0 Å². The topological polar surface area (TPSA) is 206 Å². The molecule has 6 heterocycles. The number of piperazine rings is 1. The van der Waals surface area contributed by atoms with Gasteiger partial charge in [-0.2, -0.15) is 14.5 Å². The van der Waals surface area contributed by atoms with E-state index in [1.807, 2.05) is 65.0 Å². The lowest BCUT2D eigenvalue weighted by atomic mass is 9.97. The quantitative estimate of drug-likeness (QED) is 0.0722. The van der Waals surface area contributed by atoms with Crippen molar-refractivity contribution in [3.63, 3.8) is 0 Å². The minimum atomic E-state index is -4.70. The smallest absolute Gasteiger partial charge is 0.354 e. The van der Waals surface area contributed by atoms with Crippen molar-refractivity contribution in [2.24, 2.45) is 21.1 Å². The van der Waals surface area contributed by atoms with Crippen molar-refractivity contribution in [1.29, 1.82) is 0 Å². The number of aryl methyl sites for hydroxylation is 4. The van der Waals surface area contributed by atoms with E-state index in [-0.39, 0.29) is 31.3 Å². The molecule has 0 N–H and O–H groups in total. The Morgan fingerprint density at radius 1 is 0.935 bits per heavy atom. The maximum absolute atomic E-state index is 15.3. The molecule has 0 spiro atoms. The van der Waals surface area contributed by atoms with Gasteiger partial charge in [-0.3, -0.25) is 24.5 Å². The molecule has 4 aromatic heterocycles. The summed E-state index contributed by atoms with van der Waals surface area (Å²) in [5, 5.41) is 24.2. The first-order valence-corrected chi connectivity index (χ1v) is 28.5. The van der Waals surface area contributed by atoms with Crippen LogP contribution in [0, 0.1) is 10.1 Å². The maximum atomic E-state index is 15.3. The van der Waals surface area contributed by atoms with Crippen molar-refractivity contribution in [1.82, 2.24) is 42.0 Å². The molecule has 402 valence electrons. The molecule has 77 heavy (non-hydrogen) atoms. The number of benzene rings is 4. The number of halogens is 1. The second-order valence-electron chi connectivity index (χ2n) is 18.8. The van der Waals surface area contributed by atoms with Crippen LogP contribution < -0.4 is 14.4 Å². The average molecular weight is 1120 g/mol. The number of carbonyl (C=O) groups excluding carboxylic acids is 1. The molecular formula is C53H56ClN11O9S3. The molecule has 0 amide bonds. The van der Waals surface area contributed by atoms with Crippen LogP contribution in [0.4, 0.5) is 11.4 Å². The number of fused-ring (bicyclic) bond motifs is 8. The summed E-state index contributed by atoms with van der Waals surface area (Å²) in [4.78, 5) is 33.1. The summed E-state index contributed by atoms with van der Waals surface area (Å²) < 4.78 is 71.6. The Balaban J connectivity index is 1.11. The van der Waals surface area contributed by atoms with Crippen molar-refractivity contribution in [3.05, 3.63) is 146 Å². The van der Waals surface area contributed by atoms with E-state index in [0.29, 0.717) is 112 Å². The second-order valence-corrected chi connectivity index (χ2v) is 23.9. The average Bonchev–Trinajstić information content (AvgIpc) is 4.06. The van der Waals surface area contributed by atoms with Crippen molar-refractivity contribution >= 4 is 83.7 Å². The van der Waals surface area contributed by atoms with Gasteiger partial charge in [-0.15, -0.1) is 11.8 Å². The highest BCUT2D eigenvalue weighted by molar-refractivity contribution is 7.98. The van der Waals surface area contributed by atoms with Crippen LogP contribution in [-0.4, -0.2) is 120 Å². The van der Waals surface area contributed by atoms with Gasteiger partial charge >= 0.3 is 5.97 Å². The number of hydrogen-bond donors (Lipinski definition) is 0. The molecule has 8 aromatic rings. The number of nitro groups is 1. The van der Waals surface area contributed by atoms with E-state index >= 15 is 8.42 Å². The number of para-hydroxylation sites is 1. The van der Waals surface area contributed by atoms with Crippen LogP contribution in [0.1, 0.15) is 45.2 Å². The fraction of sp³-hybridized carbons (Fsp3) is 0.321. The number of hydrogen-bond acceptors (Lipinski definition) is 14. The van der Waals surface area contributed by atoms with Crippen molar-refractivity contribution < 1.29 is 36.6 Å². The van der Waals surface area contributed by atoms with Gasteiger partial charge in [-0.1, -0.05) is 35.9 Å². The normalized spacial score (nSPS) is 15.6. The van der Waals surface area contributed by atoms with Crippen molar-refractivity contribution in [2.45, 2.75) is 48.1 Å². The van der Waals surface area contributed by atoms with Crippen LogP contribution in [0.15, 0.2) is 107 Å². The van der Waals surface area contributed by atoms with E-state index in [0.717, 1.165) is 27.7 Å². The number of anilines is 1. The highest BCUT2D eigenvalue weighted by Gasteiger charge is 2.36. The maximum Gasteiger partial charge on any atom is 0.354 e. The number of aromatic nitrogens is 6. The van der Waals surface area contributed by atoms with Gasteiger partial charge in [0.1, 0.15) is 35.0 Å². The number of carbonyl (C=O) groups is 1. The number of ether oxygens (including phenoxy) is 3. The Labute approximate surface area is 457 Å². The SMILES string of the molecule is COC(=O)c1c2c3ccc(Cl)c(c3n1C)-c1c(COc3ccc(N4CCN(S(=O)N(C)C)CC4)cc3)nn(C)c1CN(S(=O)(=O)c1ccccc1[N+](=O)[O-])Cc1cc(n(C)n1)CSc1cc(c3ncccc3c1)OCCC2. The molecule has 1 unspecified atom stereocenters. The van der Waals surface area contributed by atoms with E-state index in [1.54, 1.807) is 77.5 Å². The van der Waals surface area contributed by atoms with E-state index in [1.165, 1.54) is 29.6 Å². The number of pyridine rings is 1. The minimum absolute atomic E-state index is 0.106. The van der Waals surface area contributed by atoms with E-state index in [9.17, 15) is 19.1 Å². The van der Waals surface area contributed by atoms with Gasteiger partial charge in [-0.05, 0) is 79.1 Å². The molecule has 0 aliphatic carbocycles. The minimum Gasteiger partial charge on any atom is -0.491 e. The zero-order chi connectivity index (χ0) is 54.3. The predicted molar refractivity (Wildman–Crippen MR) is 296 cm³/mol. The third-order valence-corrected chi connectivity index (χ3v) is 18.5. The summed E-state index contributed by atoms with van der Waals surface area (Å²) in [7, 11) is 5.45. The van der Waals surface area contributed by atoms with Gasteiger partial charge in [0.25, 0.3) is 15.7 Å². The Bertz CT molecular complexity index is 3710. The van der Waals surface area contributed by atoms with Gasteiger partial charge in [0.15, 0.2) is 16.1 Å². The molecule has 1 atom stereocenters. The summed E-state index contributed by atoms with van der Waals surface area (Å²) in [5.41, 5.74) is 5.46. The summed E-state index contributed by atoms with van der Waals surface area (Å²) in [6.07, 6.45) is 2.61. The van der Waals surface area contributed by atoms with Gasteiger partial charge in [-0.25, -0.2) is 26.0 Å². The molecule has 2 aliphatic heterocycles. The Hall–Kier alpha value is -6.86. The fourth-order valence-corrected chi connectivity index (χ4v) is 13.8. The van der Waals surface area contributed by atoms with E-state index < -0.39 is 42.7 Å². The molecule has 8 bridgehead atoms. The number of nitro benzene ring substituents is 1. The highest BCUT2D eigenvalue weighted by atomic mass is 35.5. The number of sulfonamides is 1. The van der Waals surface area contributed by atoms with Crippen molar-refractivity contribution in [2.75, 3.05) is 58.9 Å². The molecule has 20 nitrogen and oxygen atoms in total. The van der Waals surface area contributed by atoms with Crippen molar-refractivity contribution in [3.8, 4) is 22.6 Å². The first kappa shape index (κ1) is 53.5. The standard InChI is InChI=1S/C53H56ClN11O9S3/c1-58(2)76(69)63-24-22-62(23-25-63)36-15-17-38(18-16-36)74-32-43-49-45(61(5)57-43)31-64(77(70,71)47-14-8-7-13-44(47)65(67)68)30-35-28-37(60(4)56-35)33-75-39-27-34-11-9-21-55-50(34)46(29-39)73-26-10-12-40-41-19-20-42(54)48(49)51(41)59(3)52(40)53(66)72-6/h7-9,11,13-21,27-29H,10,12,22-26,30-33H2,1-6H3. The highest BCUT2D eigenvalue weighted by Crippen LogP contribution is 2.44. The Kier molecular flexibility index (Phi) is 15.5. The molecule has 0 radical (unpaired) electrons. The zero-order valence-electron chi connectivity index (χ0n) is 43.2. The summed E-state index contributed by atoms with van der Waals surface area (Å²) in [6.45, 7) is 2.17. The first-order chi connectivity index (χ1) is 37.0. The molecular weight excluding hydrogens is 1070 g/mol. The predicted octanol–water partition coefficient (Wildman–Crippen LogP) is 8.06. The Morgan fingerprint density at radius 3 is 2.44 bits per heavy atom. The van der Waals surface area contributed by atoms with Crippen LogP contribution >= 0.6 is 23.4 Å². The van der Waals surface area contributed by atoms with Gasteiger partial charge < -0.3 is 23.7 Å². The molecule has 1 saturated heterocycles. The number of thioether (sulfide) groups is 1. The lowest BCUT2D eigenvalue weighted by Crippen LogP contribution is -2.49. The second kappa shape index (κ2) is 22.2. The van der Waals surface area contributed by atoms with Gasteiger partial charge in [0.2, 0.25) is 0 Å². The summed E-state index contributed by atoms with van der Waals surface area (Å²) >= 11 is 7.74. The van der Waals surface area contributed by atoms with Crippen LogP contribution in [-0.2, 0) is 78.9 Å². The molecule has 1 fully saturated rings. The first-order valence-electron chi connectivity index (χ1n) is 24.7. The van der Waals surface area contributed by atoms with Crippen LogP contribution in [0.25, 0.3) is 32.9 Å². The third kappa shape index (κ3) is 10.6.